The van der Waals surface area contributed by atoms with Crippen LogP contribution in [0.5, 0.6) is 0 Å². The highest BCUT2D eigenvalue weighted by Gasteiger charge is 2.14. The third kappa shape index (κ3) is 1.99. The lowest BCUT2D eigenvalue weighted by Gasteiger charge is -2.22. The van der Waals surface area contributed by atoms with Crippen molar-refractivity contribution < 1.29 is 4.74 Å². The van der Waals surface area contributed by atoms with Gasteiger partial charge in [-0.25, -0.2) is 0 Å². The van der Waals surface area contributed by atoms with E-state index >= 15 is 0 Å². The molecule has 0 saturated heterocycles. The molecule has 0 spiro atoms. The minimum atomic E-state index is 0.270. The van der Waals surface area contributed by atoms with Gasteiger partial charge in [-0.2, -0.15) is 0 Å². The lowest BCUT2D eigenvalue weighted by Crippen LogP contribution is -2.09. The van der Waals surface area contributed by atoms with Crippen LogP contribution in [-0.2, 0) is 4.74 Å². The fourth-order valence-corrected chi connectivity index (χ4v) is 1.62. The Morgan fingerprint density at radius 3 is 2.69 bits per heavy atom. The van der Waals surface area contributed by atoms with Crippen molar-refractivity contribution in [3.05, 3.63) is 47.5 Å². The van der Waals surface area contributed by atoms with E-state index in [1.54, 1.807) is 0 Å². The van der Waals surface area contributed by atoms with E-state index in [1.165, 1.54) is 11.1 Å². The molecule has 1 aliphatic rings. The predicted molar refractivity (Wildman–Crippen MR) is 53.5 cm³/mol. The highest BCUT2D eigenvalue weighted by molar-refractivity contribution is 5.20. The Hall–Kier alpha value is -1.08. The van der Waals surface area contributed by atoms with Crippen LogP contribution in [0.1, 0.15) is 25.0 Å². The zero-order valence-electron chi connectivity index (χ0n) is 7.86. The first-order chi connectivity index (χ1) is 6.36. The highest BCUT2D eigenvalue weighted by Crippen LogP contribution is 2.27. The summed E-state index contributed by atoms with van der Waals surface area (Å²) in [7, 11) is 0. The summed E-state index contributed by atoms with van der Waals surface area (Å²) in [6.07, 6.45) is 3.45. The quantitative estimate of drug-likeness (QED) is 0.594. The fourth-order valence-electron chi connectivity index (χ4n) is 1.62. The fraction of sp³-hybridized carbons (Fsp3) is 0.333. The molecule has 2 rings (SSSR count). The van der Waals surface area contributed by atoms with Crippen molar-refractivity contribution in [2.24, 2.45) is 0 Å². The van der Waals surface area contributed by atoms with Crippen LogP contribution in [0.25, 0.3) is 0 Å². The Morgan fingerprint density at radius 2 is 2.00 bits per heavy atom. The van der Waals surface area contributed by atoms with Crippen LogP contribution in [-0.4, -0.2) is 6.61 Å². The van der Waals surface area contributed by atoms with Crippen molar-refractivity contribution in [2.75, 3.05) is 6.61 Å². The molecule has 1 nitrogen and oxygen atoms in total. The van der Waals surface area contributed by atoms with Crippen LogP contribution in [0.15, 0.2) is 42.0 Å². The Labute approximate surface area is 79.0 Å². The molecule has 1 atom stereocenters. The molecule has 1 aromatic carbocycles. The number of benzene rings is 1. The zero-order chi connectivity index (χ0) is 9.10. The van der Waals surface area contributed by atoms with Crippen LogP contribution >= 0.6 is 0 Å². The first kappa shape index (κ1) is 8.52. The summed E-state index contributed by atoms with van der Waals surface area (Å²) >= 11 is 0. The van der Waals surface area contributed by atoms with Gasteiger partial charge in [0.1, 0.15) is 0 Å². The maximum absolute atomic E-state index is 5.66. The average molecular weight is 174 g/mol. The van der Waals surface area contributed by atoms with Crippen molar-refractivity contribution in [3.8, 4) is 0 Å². The van der Waals surface area contributed by atoms with Crippen LogP contribution in [0, 0.1) is 0 Å². The normalized spacial score (nSPS) is 22.5. The van der Waals surface area contributed by atoms with E-state index in [2.05, 4.69) is 37.3 Å². The van der Waals surface area contributed by atoms with E-state index in [0.29, 0.717) is 0 Å². The van der Waals surface area contributed by atoms with Gasteiger partial charge in [-0.3, -0.25) is 0 Å². The minimum Gasteiger partial charge on any atom is -0.369 e. The Morgan fingerprint density at radius 1 is 1.23 bits per heavy atom. The van der Waals surface area contributed by atoms with Gasteiger partial charge in [0.25, 0.3) is 0 Å². The Kier molecular flexibility index (Phi) is 2.46. The molecule has 0 amide bonds. The predicted octanol–water partition coefficient (Wildman–Crippen LogP) is 3.09. The second-order valence-electron chi connectivity index (χ2n) is 3.49. The summed E-state index contributed by atoms with van der Waals surface area (Å²) < 4.78 is 5.66. The van der Waals surface area contributed by atoms with E-state index in [1.807, 2.05) is 6.07 Å². The minimum absolute atomic E-state index is 0.270. The maximum Gasteiger partial charge on any atom is 0.0866 e. The molecule has 1 heteroatoms. The van der Waals surface area contributed by atoms with Crippen molar-refractivity contribution in [1.29, 1.82) is 0 Å². The summed E-state index contributed by atoms with van der Waals surface area (Å²) in [4.78, 5) is 0. The molecule has 68 valence electrons. The van der Waals surface area contributed by atoms with Crippen molar-refractivity contribution in [2.45, 2.75) is 19.4 Å². The smallest absolute Gasteiger partial charge is 0.0866 e. The van der Waals surface area contributed by atoms with Gasteiger partial charge in [-0.1, -0.05) is 42.0 Å². The Bertz CT molecular complexity index is 300. The lowest BCUT2D eigenvalue weighted by atomic mass is 10.0. The molecular weight excluding hydrogens is 160 g/mol. The lowest BCUT2D eigenvalue weighted by molar-refractivity contribution is 0.0641. The molecule has 1 aromatic rings. The van der Waals surface area contributed by atoms with E-state index < -0.39 is 0 Å². The maximum atomic E-state index is 5.66. The Balaban J connectivity index is 2.15. The highest BCUT2D eigenvalue weighted by atomic mass is 16.5. The van der Waals surface area contributed by atoms with Gasteiger partial charge in [-0.15, -0.1) is 0 Å². The largest absolute Gasteiger partial charge is 0.369 e. The van der Waals surface area contributed by atoms with E-state index in [9.17, 15) is 0 Å². The van der Waals surface area contributed by atoms with Gasteiger partial charge < -0.3 is 4.74 Å². The molecule has 1 heterocycles. The van der Waals surface area contributed by atoms with Gasteiger partial charge in [0, 0.05) is 0 Å². The van der Waals surface area contributed by atoms with E-state index in [4.69, 9.17) is 4.74 Å². The molecule has 0 saturated carbocycles. The topological polar surface area (TPSA) is 9.23 Å². The summed E-state index contributed by atoms with van der Waals surface area (Å²) in [5, 5.41) is 0. The first-order valence-electron chi connectivity index (χ1n) is 4.68. The summed E-state index contributed by atoms with van der Waals surface area (Å²) in [6.45, 7) is 2.92. The van der Waals surface area contributed by atoms with Gasteiger partial charge in [-0.05, 0) is 18.9 Å². The van der Waals surface area contributed by atoms with Crippen molar-refractivity contribution in [1.82, 2.24) is 0 Å². The first-order valence-corrected chi connectivity index (χ1v) is 4.68. The molecule has 13 heavy (non-hydrogen) atoms. The van der Waals surface area contributed by atoms with Crippen LogP contribution in [0.4, 0.5) is 0 Å². The van der Waals surface area contributed by atoms with Gasteiger partial charge in [0.15, 0.2) is 0 Å². The number of hydrogen-bond acceptors (Lipinski definition) is 1. The standard InChI is InChI=1S/C12H14O/c1-10-7-8-13-12(9-10)11-5-3-2-4-6-11/h2-7,12H,8-9H2,1H3/t12-/m0/s1. The van der Waals surface area contributed by atoms with Crippen LogP contribution in [0.2, 0.25) is 0 Å². The van der Waals surface area contributed by atoms with Crippen molar-refractivity contribution in [3.63, 3.8) is 0 Å². The molecule has 0 aromatic heterocycles. The number of hydrogen-bond donors (Lipinski definition) is 0. The molecule has 0 radical (unpaired) electrons. The van der Waals surface area contributed by atoms with Crippen LogP contribution in [0.3, 0.4) is 0 Å². The molecule has 0 N–H and O–H groups in total. The summed E-state index contributed by atoms with van der Waals surface area (Å²) in [5.41, 5.74) is 2.72. The molecule has 0 bridgehead atoms. The zero-order valence-corrected chi connectivity index (χ0v) is 7.86. The van der Waals surface area contributed by atoms with Gasteiger partial charge >= 0.3 is 0 Å². The summed E-state index contributed by atoms with van der Waals surface area (Å²) in [5.74, 6) is 0. The van der Waals surface area contributed by atoms with Crippen LogP contribution < -0.4 is 0 Å². The molecule has 0 unspecified atom stereocenters. The van der Waals surface area contributed by atoms with Gasteiger partial charge in [0.2, 0.25) is 0 Å². The second kappa shape index (κ2) is 3.75. The van der Waals surface area contributed by atoms with Crippen molar-refractivity contribution >= 4 is 0 Å². The molecular formula is C12H14O. The summed E-state index contributed by atoms with van der Waals surface area (Å²) in [6, 6.07) is 10.4. The van der Waals surface area contributed by atoms with E-state index in [-0.39, 0.29) is 6.10 Å². The molecule has 0 aliphatic carbocycles. The third-order valence-corrected chi connectivity index (χ3v) is 2.41. The average Bonchev–Trinajstić information content (AvgIpc) is 2.19. The SMILES string of the molecule is CC1=CCO[C@H](c2ccccc2)C1. The molecule has 1 aliphatic heterocycles. The van der Waals surface area contributed by atoms with Gasteiger partial charge in [0.05, 0.1) is 12.7 Å². The van der Waals surface area contributed by atoms with E-state index in [0.717, 1.165) is 13.0 Å². The third-order valence-electron chi connectivity index (χ3n) is 2.41. The monoisotopic (exact) mass is 174 g/mol. The number of ether oxygens (including phenoxy) is 1. The molecule has 0 fully saturated rings. The second-order valence-corrected chi connectivity index (χ2v) is 3.49. The number of rotatable bonds is 1.